The molecule has 4 unspecified atom stereocenters. The van der Waals surface area contributed by atoms with Gasteiger partial charge in [-0.05, 0) is 24.4 Å². The fourth-order valence-corrected chi connectivity index (χ4v) is 4.41. The molecular formula is C17H29NOS. The molecule has 0 fully saturated rings. The minimum absolute atomic E-state index is 0.186. The number of benzene rings is 1. The number of hydrogen-bond donors (Lipinski definition) is 1. The van der Waals surface area contributed by atoms with Crippen LogP contribution in [0.25, 0.3) is 0 Å². The SMILES string of the molecule is CCNC(c1ccccc1)C(CC)S(=O)CC(C)CC. The molecule has 20 heavy (non-hydrogen) atoms. The van der Waals surface area contributed by atoms with Crippen molar-refractivity contribution < 1.29 is 4.21 Å². The molecule has 0 aliphatic carbocycles. The second-order valence-corrected chi connectivity index (χ2v) is 7.15. The molecule has 2 nitrogen and oxygen atoms in total. The second kappa shape index (κ2) is 9.30. The Morgan fingerprint density at radius 1 is 1.10 bits per heavy atom. The summed E-state index contributed by atoms with van der Waals surface area (Å²) in [7, 11) is -0.782. The summed E-state index contributed by atoms with van der Waals surface area (Å²) in [6.45, 7) is 9.51. The average molecular weight is 295 g/mol. The third-order valence-electron chi connectivity index (χ3n) is 3.84. The molecule has 0 saturated heterocycles. The van der Waals surface area contributed by atoms with E-state index in [9.17, 15) is 4.21 Å². The Hall–Kier alpha value is -0.670. The highest BCUT2D eigenvalue weighted by molar-refractivity contribution is 7.85. The van der Waals surface area contributed by atoms with Gasteiger partial charge in [0.25, 0.3) is 0 Å². The van der Waals surface area contributed by atoms with Crippen molar-refractivity contribution in [2.75, 3.05) is 12.3 Å². The highest BCUT2D eigenvalue weighted by Gasteiger charge is 2.26. The molecule has 1 aromatic carbocycles. The predicted molar refractivity (Wildman–Crippen MR) is 89.4 cm³/mol. The smallest absolute Gasteiger partial charge is 0.0540 e. The molecule has 1 rings (SSSR count). The van der Waals surface area contributed by atoms with Gasteiger partial charge < -0.3 is 5.32 Å². The largest absolute Gasteiger partial charge is 0.309 e. The minimum Gasteiger partial charge on any atom is -0.309 e. The molecule has 0 spiro atoms. The van der Waals surface area contributed by atoms with E-state index in [2.05, 4.69) is 57.3 Å². The quantitative estimate of drug-likeness (QED) is 0.748. The molecule has 114 valence electrons. The lowest BCUT2D eigenvalue weighted by atomic mass is 10.0. The van der Waals surface area contributed by atoms with Crippen molar-refractivity contribution in [2.24, 2.45) is 5.92 Å². The third-order valence-corrected chi connectivity index (χ3v) is 6.02. The molecule has 1 N–H and O–H groups in total. The van der Waals surface area contributed by atoms with Crippen LogP contribution in [0.3, 0.4) is 0 Å². The topological polar surface area (TPSA) is 29.1 Å². The van der Waals surface area contributed by atoms with Gasteiger partial charge in [0.1, 0.15) is 0 Å². The highest BCUT2D eigenvalue weighted by Crippen LogP contribution is 2.24. The first-order valence-electron chi connectivity index (χ1n) is 7.79. The van der Waals surface area contributed by atoms with Gasteiger partial charge in [-0.3, -0.25) is 4.21 Å². The maximum atomic E-state index is 12.7. The van der Waals surface area contributed by atoms with E-state index in [1.165, 1.54) is 5.56 Å². The highest BCUT2D eigenvalue weighted by atomic mass is 32.2. The predicted octanol–water partition coefficient (Wildman–Crippen LogP) is 3.91. The lowest BCUT2D eigenvalue weighted by molar-refractivity contribution is 0.505. The molecule has 0 saturated carbocycles. The molecule has 0 heterocycles. The van der Waals surface area contributed by atoms with Crippen LogP contribution in [0.15, 0.2) is 30.3 Å². The van der Waals surface area contributed by atoms with E-state index >= 15 is 0 Å². The van der Waals surface area contributed by atoms with Crippen molar-refractivity contribution in [1.82, 2.24) is 5.32 Å². The maximum Gasteiger partial charge on any atom is 0.0540 e. The van der Waals surface area contributed by atoms with E-state index in [0.717, 1.165) is 25.1 Å². The first kappa shape index (κ1) is 17.4. The van der Waals surface area contributed by atoms with Crippen LogP contribution >= 0.6 is 0 Å². The van der Waals surface area contributed by atoms with E-state index in [0.29, 0.717) is 5.92 Å². The summed E-state index contributed by atoms with van der Waals surface area (Å²) >= 11 is 0. The van der Waals surface area contributed by atoms with Crippen LogP contribution in [-0.2, 0) is 10.8 Å². The fourth-order valence-electron chi connectivity index (χ4n) is 2.44. The monoisotopic (exact) mass is 295 g/mol. The molecule has 0 bridgehead atoms. The number of nitrogens with one attached hydrogen (secondary N) is 1. The molecule has 0 aromatic heterocycles. The lowest BCUT2D eigenvalue weighted by Crippen LogP contribution is -2.36. The number of hydrogen-bond acceptors (Lipinski definition) is 2. The first-order valence-corrected chi connectivity index (χ1v) is 9.17. The van der Waals surface area contributed by atoms with Gasteiger partial charge in [-0.15, -0.1) is 0 Å². The Kier molecular flexibility index (Phi) is 8.08. The first-order chi connectivity index (χ1) is 9.63. The molecule has 0 aliphatic heterocycles. The van der Waals surface area contributed by atoms with Gasteiger partial charge in [0.2, 0.25) is 0 Å². The van der Waals surface area contributed by atoms with Crippen molar-refractivity contribution in [2.45, 2.75) is 51.8 Å². The van der Waals surface area contributed by atoms with Crippen LogP contribution in [0.5, 0.6) is 0 Å². The summed E-state index contributed by atoms with van der Waals surface area (Å²) in [6, 6.07) is 10.6. The molecule has 0 amide bonds. The van der Waals surface area contributed by atoms with Crippen molar-refractivity contribution in [3.8, 4) is 0 Å². The molecule has 4 atom stereocenters. The summed E-state index contributed by atoms with van der Waals surface area (Å²) in [5.74, 6) is 1.34. The summed E-state index contributed by atoms with van der Waals surface area (Å²) < 4.78 is 12.7. The van der Waals surface area contributed by atoms with E-state index < -0.39 is 10.8 Å². The number of rotatable bonds is 9. The summed E-state index contributed by atoms with van der Waals surface area (Å²) in [4.78, 5) is 0. The second-order valence-electron chi connectivity index (χ2n) is 5.45. The van der Waals surface area contributed by atoms with Crippen LogP contribution in [0.4, 0.5) is 0 Å². The normalized spacial score (nSPS) is 17.4. The lowest BCUT2D eigenvalue weighted by Gasteiger charge is -2.28. The molecule has 0 aliphatic rings. The van der Waals surface area contributed by atoms with Crippen LogP contribution in [0, 0.1) is 5.92 Å². The minimum atomic E-state index is -0.782. The molecule has 0 radical (unpaired) electrons. The van der Waals surface area contributed by atoms with Gasteiger partial charge in [-0.1, -0.05) is 64.4 Å². The maximum absolute atomic E-state index is 12.7. The molecule has 1 aromatic rings. The Bertz CT molecular complexity index is 393. The van der Waals surface area contributed by atoms with E-state index in [4.69, 9.17) is 0 Å². The summed E-state index contributed by atoms with van der Waals surface area (Å²) in [5.41, 5.74) is 1.25. The van der Waals surface area contributed by atoms with Crippen molar-refractivity contribution in [1.29, 1.82) is 0 Å². The summed E-state index contributed by atoms with van der Waals surface area (Å²) in [6.07, 6.45) is 2.04. The van der Waals surface area contributed by atoms with Crippen LogP contribution in [0.1, 0.15) is 52.1 Å². The van der Waals surface area contributed by atoms with Crippen molar-refractivity contribution in [3.63, 3.8) is 0 Å². The standard InChI is InChI=1S/C17H29NOS/c1-5-14(4)13-20(19)16(6-2)17(18-7-3)15-11-9-8-10-12-15/h8-12,14,16-18H,5-7,13H2,1-4H3. The van der Waals surface area contributed by atoms with Crippen LogP contribution in [-0.4, -0.2) is 21.8 Å². The zero-order valence-corrected chi connectivity index (χ0v) is 14.1. The van der Waals surface area contributed by atoms with Crippen LogP contribution < -0.4 is 5.32 Å². The Labute approximate surface area is 126 Å². The van der Waals surface area contributed by atoms with Gasteiger partial charge in [0.15, 0.2) is 0 Å². The Morgan fingerprint density at radius 2 is 1.75 bits per heavy atom. The van der Waals surface area contributed by atoms with Gasteiger partial charge in [-0.2, -0.15) is 0 Å². The summed E-state index contributed by atoms with van der Waals surface area (Å²) in [5, 5.41) is 3.72. The van der Waals surface area contributed by atoms with Gasteiger partial charge >= 0.3 is 0 Å². The third kappa shape index (κ3) is 5.02. The van der Waals surface area contributed by atoms with Crippen LogP contribution in [0.2, 0.25) is 0 Å². The zero-order chi connectivity index (χ0) is 15.0. The van der Waals surface area contributed by atoms with E-state index in [-0.39, 0.29) is 11.3 Å². The fraction of sp³-hybridized carbons (Fsp3) is 0.647. The van der Waals surface area contributed by atoms with E-state index in [1.54, 1.807) is 0 Å². The van der Waals surface area contributed by atoms with Gasteiger partial charge in [0.05, 0.1) is 5.25 Å². The van der Waals surface area contributed by atoms with Crippen molar-refractivity contribution in [3.05, 3.63) is 35.9 Å². The Morgan fingerprint density at radius 3 is 2.25 bits per heavy atom. The molecule has 3 heteroatoms. The Balaban J connectivity index is 2.89. The molecular weight excluding hydrogens is 266 g/mol. The van der Waals surface area contributed by atoms with Gasteiger partial charge in [0, 0.05) is 22.6 Å². The average Bonchev–Trinajstić information content (AvgIpc) is 2.47. The van der Waals surface area contributed by atoms with Crippen molar-refractivity contribution >= 4 is 10.8 Å². The van der Waals surface area contributed by atoms with E-state index in [1.807, 2.05) is 6.07 Å². The zero-order valence-electron chi connectivity index (χ0n) is 13.3. The van der Waals surface area contributed by atoms with Gasteiger partial charge in [-0.25, -0.2) is 0 Å².